The lowest BCUT2D eigenvalue weighted by Gasteiger charge is -2.24. The van der Waals surface area contributed by atoms with Crippen LogP contribution in [0.3, 0.4) is 0 Å². The third-order valence-electron chi connectivity index (χ3n) is 3.10. The molecular weight excluding hydrogens is 300 g/mol. The molecule has 1 aromatic rings. The lowest BCUT2D eigenvalue weighted by atomic mass is 10.0. The molecule has 1 amide bonds. The van der Waals surface area contributed by atoms with Crippen molar-refractivity contribution in [1.82, 2.24) is 9.88 Å². The molecule has 1 aliphatic rings. The quantitative estimate of drug-likeness (QED) is 0.910. The molecule has 0 unspecified atom stereocenters. The maximum atomic E-state index is 12.0. The SMILES string of the molecule is CC(C)(C)OC(=O)N1C[C@@H](Cc2scnc2Cl)[C@H](O)C1. The number of aliphatic hydroxyl groups is 1. The third-order valence-corrected chi connectivity index (χ3v) is 4.39. The van der Waals surface area contributed by atoms with Crippen LogP contribution in [0.4, 0.5) is 4.79 Å². The summed E-state index contributed by atoms with van der Waals surface area (Å²) in [5.41, 5.74) is 1.16. The fourth-order valence-electron chi connectivity index (χ4n) is 2.16. The van der Waals surface area contributed by atoms with Crippen molar-refractivity contribution in [2.24, 2.45) is 5.92 Å². The molecule has 0 saturated carbocycles. The zero-order valence-corrected chi connectivity index (χ0v) is 13.4. The van der Waals surface area contributed by atoms with Gasteiger partial charge in [0.1, 0.15) is 10.8 Å². The summed E-state index contributed by atoms with van der Waals surface area (Å²) in [4.78, 5) is 18.5. The summed E-state index contributed by atoms with van der Waals surface area (Å²) in [5, 5.41) is 10.6. The third kappa shape index (κ3) is 3.84. The molecule has 1 N–H and O–H groups in total. The largest absolute Gasteiger partial charge is 0.444 e. The van der Waals surface area contributed by atoms with Crippen molar-refractivity contribution in [2.45, 2.75) is 38.9 Å². The summed E-state index contributed by atoms with van der Waals surface area (Å²) in [7, 11) is 0. The van der Waals surface area contributed by atoms with E-state index in [-0.39, 0.29) is 12.0 Å². The van der Waals surface area contributed by atoms with Crippen molar-refractivity contribution in [1.29, 1.82) is 0 Å². The Kier molecular flexibility index (Phi) is 4.56. The zero-order valence-electron chi connectivity index (χ0n) is 11.8. The highest BCUT2D eigenvalue weighted by molar-refractivity contribution is 7.10. The van der Waals surface area contributed by atoms with E-state index < -0.39 is 11.7 Å². The lowest BCUT2D eigenvalue weighted by molar-refractivity contribution is 0.0270. The Hall–Kier alpha value is -0.850. The average molecular weight is 319 g/mol. The predicted octanol–water partition coefficient (Wildman–Crippen LogP) is 2.57. The Balaban J connectivity index is 1.95. The maximum Gasteiger partial charge on any atom is 0.410 e. The van der Waals surface area contributed by atoms with E-state index in [0.717, 1.165) is 4.88 Å². The minimum Gasteiger partial charge on any atom is -0.444 e. The van der Waals surface area contributed by atoms with Gasteiger partial charge < -0.3 is 14.7 Å². The van der Waals surface area contributed by atoms with Gasteiger partial charge in [0.05, 0.1) is 18.2 Å². The molecule has 5 nitrogen and oxygen atoms in total. The number of halogens is 1. The van der Waals surface area contributed by atoms with Gasteiger partial charge in [-0.1, -0.05) is 11.6 Å². The van der Waals surface area contributed by atoms with Gasteiger partial charge in [-0.15, -0.1) is 11.3 Å². The van der Waals surface area contributed by atoms with Crippen LogP contribution in [0.1, 0.15) is 25.6 Å². The Morgan fingerprint density at radius 2 is 2.30 bits per heavy atom. The summed E-state index contributed by atoms with van der Waals surface area (Å²) in [6.07, 6.45) is -0.306. The van der Waals surface area contributed by atoms with Gasteiger partial charge >= 0.3 is 6.09 Å². The molecule has 0 aliphatic carbocycles. The second kappa shape index (κ2) is 5.87. The number of hydrogen-bond donors (Lipinski definition) is 1. The number of rotatable bonds is 2. The molecule has 1 saturated heterocycles. The van der Waals surface area contributed by atoms with Crippen LogP contribution < -0.4 is 0 Å². The number of hydrogen-bond acceptors (Lipinski definition) is 5. The molecule has 0 bridgehead atoms. The molecule has 2 atom stereocenters. The molecule has 0 aromatic carbocycles. The number of β-amino-alcohol motifs (C(OH)–C–C–N with tert-alkyl or cyclic N) is 1. The number of likely N-dealkylation sites (tertiary alicyclic amines) is 1. The fraction of sp³-hybridized carbons (Fsp3) is 0.692. The number of aliphatic hydroxyl groups excluding tert-OH is 1. The van der Waals surface area contributed by atoms with Crippen molar-refractivity contribution in [2.75, 3.05) is 13.1 Å². The highest BCUT2D eigenvalue weighted by atomic mass is 35.5. The molecule has 7 heteroatoms. The fourth-order valence-corrected chi connectivity index (χ4v) is 3.22. The topological polar surface area (TPSA) is 62.7 Å². The van der Waals surface area contributed by atoms with Gasteiger partial charge in [-0.25, -0.2) is 9.78 Å². The van der Waals surface area contributed by atoms with Crippen molar-refractivity contribution < 1.29 is 14.6 Å². The van der Waals surface area contributed by atoms with E-state index in [1.807, 2.05) is 20.8 Å². The molecule has 1 aromatic heterocycles. The van der Waals surface area contributed by atoms with Gasteiger partial charge in [-0.3, -0.25) is 0 Å². The monoisotopic (exact) mass is 318 g/mol. The van der Waals surface area contributed by atoms with E-state index in [9.17, 15) is 9.90 Å². The Bertz CT molecular complexity index is 486. The minimum absolute atomic E-state index is 0.0273. The summed E-state index contributed by atoms with van der Waals surface area (Å²) in [6, 6.07) is 0. The predicted molar refractivity (Wildman–Crippen MR) is 78.1 cm³/mol. The highest BCUT2D eigenvalue weighted by Crippen LogP contribution is 2.28. The van der Waals surface area contributed by atoms with Crippen LogP contribution in [0.5, 0.6) is 0 Å². The summed E-state index contributed by atoms with van der Waals surface area (Å²) < 4.78 is 5.32. The molecular formula is C13H19ClN2O3S. The number of carbonyl (C=O) groups is 1. The van der Waals surface area contributed by atoms with Crippen molar-refractivity contribution in [3.05, 3.63) is 15.5 Å². The highest BCUT2D eigenvalue weighted by Gasteiger charge is 2.36. The van der Waals surface area contributed by atoms with Gasteiger partial charge in [0.25, 0.3) is 0 Å². The molecule has 1 aliphatic heterocycles. The number of aromatic nitrogens is 1. The first-order chi connectivity index (χ1) is 9.26. The maximum absolute atomic E-state index is 12.0. The van der Waals surface area contributed by atoms with E-state index in [4.69, 9.17) is 16.3 Å². The van der Waals surface area contributed by atoms with Gasteiger partial charge in [-0.05, 0) is 27.2 Å². The van der Waals surface area contributed by atoms with Gasteiger partial charge in [0, 0.05) is 17.3 Å². The number of carbonyl (C=O) groups excluding carboxylic acids is 1. The molecule has 0 radical (unpaired) electrons. The molecule has 20 heavy (non-hydrogen) atoms. The Labute approximate surface area is 127 Å². The van der Waals surface area contributed by atoms with Crippen LogP contribution in [0.25, 0.3) is 0 Å². The van der Waals surface area contributed by atoms with E-state index in [1.165, 1.54) is 11.3 Å². The number of ether oxygens (including phenoxy) is 1. The first-order valence-corrected chi connectivity index (χ1v) is 7.76. The van der Waals surface area contributed by atoms with Crippen molar-refractivity contribution in [3.8, 4) is 0 Å². The van der Waals surface area contributed by atoms with Crippen LogP contribution in [0, 0.1) is 5.92 Å². The van der Waals surface area contributed by atoms with E-state index >= 15 is 0 Å². The average Bonchev–Trinajstić information content (AvgIpc) is 2.86. The number of amides is 1. The second-order valence-corrected chi connectivity index (χ2v) is 7.28. The van der Waals surface area contributed by atoms with Gasteiger partial charge in [-0.2, -0.15) is 0 Å². The molecule has 1 fully saturated rings. The summed E-state index contributed by atoms with van der Waals surface area (Å²) in [6.45, 7) is 6.25. The van der Waals surface area contributed by atoms with Crippen molar-refractivity contribution >= 4 is 29.0 Å². The second-order valence-electron chi connectivity index (χ2n) is 5.98. The van der Waals surface area contributed by atoms with Gasteiger partial charge in [0.2, 0.25) is 0 Å². The normalized spacial score (nSPS) is 23.1. The standard InChI is InChI=1S/C13H19ClN2O3S/c1-13(2,3)19-12(18)16-5-8(9(17)6-16)4-10-11(14)15-7-20-10/h7-9,17H,4-6H2,1-3H3/t8-,9-/m1/s1. The number of nitrogens with zero attached hydrogens (tertiary/aromatic N) is 2. The Morgan fingerprint density at radius 3 is 2.85 bits per heavy atom. The molecule has 112 valence electrons. The van der Waals surface area contributed by atoms with Crippen molar-refractivity contribution in [3.63, 3.8) is 0 Å². The molecule has 0 spiro atoms. The van der Waals surface area contributed by atoms with Crippen LogP contribution in [-0.4, -0.2) is 45.9 Å². The van der Waals surface area contributed by atoms with Crippen LogP contribution in [0.15, 0.2) is 5.51 Å². The van der Waals surface area contributed by atoms with Crippen LogP contribution in [-0.2, 0) is 11.2 Å². The number of thiazole rings is 1. The Morgan fingerprint density at radius 1 is 1.60 bits per heavy atom. The molecule has 2 rings (SSSR count). The van der Waals surface area contributed by atoms with Crippen LogP contribution >= 0.6 is 22.9 Å². The van der Waals surface area contributed by atoms with Gasteiger partial charge in [0.15, 0.2) is 0 Å². The van der Waals surface area contributed by atoms with E-state index in [2.05, 4.69) is 4.98 Å². The lowest BCUT2D eigenvalue weighted by Crippen LogP contribution is -2.35. The van der Waals surface area contributed by atoms with E-state index in [0.29, 0.717) is 24.7 Å². The zero-order chi connectivity index (χ0) is 14.9. The minimum atomic E-state index is -0.555. The van der Waals surface area contributed by atoms with Crippen LogP contribution in [0.2, 0.25) is 5.15 Å². The smallest absolute Gasteiger partial charge is 0.410 e. The first kappa shape index (κ1) is 15.5. The first-order valence-electron chi connectivity index (χ1n) is 6.50. The summed E-state index contributed by atoms with van der Waals surface area (Å²) >= 11 is 7.43. The summed E-state index contributed by atoms with van der Waals surface area (Å²) in [5.74, 6) is -0.0273. The molecule has 2 heterocycles. The van der Waals surface area contributed by atoms with E-state index in [1.54, 1.807) is 10.4 Å².